The molecular formula is C15H24N2OS4. The third kappa shape index (κ3) is 8.04. The van der Waals surface area contributed by atoms with Crippen LogP contribution in [0.15, 0.2) is 20.8 Å². The van der Waals surface area contributed by atoms with Crippen molar-refractivity contribution in [2.45, 2.75) is 60.4 Å². The third-order valence-corrected chi connectivity index (χ3v) is 7.88. The summed E-state index contributed by atoms with van der Waals surface area (Å²) in [6, 6.07) is 0. The average Bonchev–Trinajstić information content (AvgIpc) is 2.95. The normalized spacial score (nSPS) is 12.3. The van der Waals surface area contributed by atoms with E-state index >= 15 is 0 Å². The zero-order valence-corrected chi connectivity index (χ0v) is 16.7. The molecule has 1 aromatic heterocycles. The lowest BCUT2D eigenvalue weighted by Crippen LogP contribution is -2.09. The predicted molar refractivity (Wildman–Crippen MR) is 102 cm³/mol. The lowest BCUT2D eigenvalue weighted by Gasteiger charge is -2.11. The van der Waals surface area contributed by atoms with Crippen molar-refractivity contribution in [1.29, 1.82) is 0 Å². The van der Waals surface area contributed by atoms with Crippen LogP contribution in [0.4, 0.5) is 0 Å². The van der Waals surface area contributed by atoms with Gasteiger partial charge in [-0.25, -0.2) is 0 Å². The molecule has 7 heteroatoms. The highest BCUT2D eigenvalue weighted by molar-refractivity contribution is 8.15. The molecule has 0 aromatic carbocycles. The van der Waals surface area contributed by atoms with Crippen molar-refractivity contribution in [2.75, 3.05) is 11.5 Å². The number of nitrogens with zero attached hydrogens (tertiary/aromatic N) is 2. The van der Waals surface area contributed by atoms with Crippen molar-refractivity contribution in [3.8, 4) is 0 Å². The molecule has 124 valence electrons. The van der Waals surface area contributed by atoms with Crippen molar-refractivity contribution < 1.29 is 4.79 Å². The smallest absolute Gasteiger partial charge is 0.214 e. The van der Waals surface area contributed by atoms with Crippen LogP contribution < -0.4 is 0 Å². The molecule has 0 saturated heterocycles. The number of hydrogen-bond donors (Lipinski definition) is 0. The van der Waals surface area contributed by atoms with Gasteiger partial charge in [-0.1, -0.05) is 79.9 Å². The molecule has 1 heterocycles. The van der Waals surface area contributed by atoms with Crippen LogP contribution in [-0.2, 0) is 4.79 Å². The van der Waals surface area contributed by atoms with E-state index in [1.807, 2.05) is 0 Å². The summed E-state index contributed by atoms with van der Waals surface area (Å²) in [6.07, 6.45) is 4.73. The van der Waals surface area contributed by atoms with Crippen LogP contribution in [-0.4, -0.2) is 32.1 Å². The Kier molecular flexibility index (Phi) is 10.5. The number of unbranched alkanes of at least 4 members (excludes halogenated alkanes) is 2. The topological polar surface area (TPSA) is 42.9 Å². The van der Waals surface area contributed by atoms with Crippen molar-refractivity contribution in [2.24, 2.45) is 0 Å². The lowest BCUT2D eigenvalue weighted by atomic mass is 10.3. The summed E-state index contributed by atoms with van der Waals surface area (Å²) in [4.78, 5) is 11.7. The molecule has 22 heavy (non-hydrogen) atoms. The van der Waals surface area contributed by atoms with Gasteiger partial charge in [0.15, 0.2) is 8.68 Å². The second kappa shape index (κ2) is 11.5. The van der Waals surface area contributed by atoms with E-state index in [1.54, 1.807) is 41.8 Å². The van der Waals surface area contributed by atoms with Crippen molar-refractivity contribution >= 4 is 51.7 Å². The van der Waals surface area contributed by atoms with Crippen LogP contribution in [0, 0.1) is 0 Å². The van der Waals surface area contributed by atoms with Crippen molar-refractivity contribution in [1.82, 2.24) is 10.2 Å². The minimum atomic E-state index is 0.0943. The van der Waals surface area contributed by atoms with Gasteiger partial charge in [-0.05, 0) is 25.3 Å². The maximum Gasteiger partial charge on any atom is 0.214 e. The Morgan fingerprint density at radius 1 is 1.23 bits per heavy atom. The van der Waals surface area contributed by atoms with E-state index in [1.165, 1.54) is 31.0 Å². The van der Waals surface area contributed by atoms with E-state index in [-0.39, 0.29) is 5.12 Å². The van der Waals surface area contributed by atoms with Gasteiger partial charge in [0, 0.05) is 16.8 Å². The van der Waals surface area contributed by atoms with Gasteiger partial charge in [-0.15, -0.1) is 10.2 Å². The van der Waals surface area contributed by atoms with E-state index in [0.29, 0.717) is 10.8 Å². The fraction of sp³-hybridized carbons (Fsp3) is 0.667. The fourth-order valence-corrected chi connectivity index (χ4v) is 5.78. The second-order valence-electron chi connectivity index (χ2n) is 4.92. The zero-order valence-electron chi connectivity index (χ0n) is 13.5. The predicted octanol–water partition coefficient (Wildman–Crippen LogP) is 5.53. The first-order valence-electron chi connectivity index (χ1n) is 7.52. The van der Waals surface area contributed by atoms with Crippen LogP contribution in [0.5, 0.6) is 0 Å². The molecule has 0 radical (unpaired) electrons. The monoisotopic (exact) mass is 376 g/mol. The zero-order chi connectivity index (χ0) is 16.4. The van der Waals surface area contributed by atoms with Crippen LogP contribution in [0.2, 0.25) is 0 Å². The molecule has 1 unspecified atom stereocenters. The summed E-state index contributed by atoms with van der Waals surface area (Å²) >= 11 is 6.55. The van der Waals surface area contributed by atoms with Gasteiger partial charge >= 0.3 is 0 Å². The van der Waals surface area contributed by atoms with E-state index < -0.39 is 0 Å². The molecule has 0 bridgehead atoms. The molecule has 1 atom stereocenters. The highest BCUT2D eigenvalue weighted by atomic mass is 32.2. The Morgan fingerprint density at radius 3 is 2.50 bits per heavy atom. The molecule has 1 aromatic rings. The Labute approximate surface area is 150 Å². The molecular weight excluding hydrogens is 352 g/mol. The van der Waals surface area contributed by atoms with Crippen molar-refractivity contribution in [3.05, 3.63) is 12.2 Å². The van der Waals surface area contributed by atoms with E-state index in [0.717, 1.165) is 26.6 Å². The van der Waals surface area contributed by atoms with Gasteiger partial charge in [-0.3, -0.25) is 4.79 Å². The SMILES string of the molecule is C=C(C)C(=O)SC(CC)CSc1nnc(SCCCCC)s1. The van der Waals surface area contributed by atoms with Crippen molar-refractivity contribution in [3.63, 3.8) is 0 Å². The first-order valence-corrected chi connectivity index (χ1v) is 11.2. The molecule has 1 rings (SSSR count). The molecule has 0 fully saturated rings. The van der Waals surface area contributed by atoms with Crippen LogP contribution >= 0.6 is 46.6 Å². The second-order valence-corrected chi connectivity index (χ2v) is 9.78. The summed E-state index contributed by atoms with van der Waals surface area (Å²) in [5.41, 5.74) is 0.620. The quantitative estimate of drug-likeness (QED) is 0.287. The summed E-state index contributed by atoms with van der Waals surface area (Å²) < 4.78 is 2.05. The number of aromatic nitrogens is 2. The van der Waals surface area contributed by atoms with Gasteiger partial charge in [0.25, 0.3) is 0 Å². The van der Waals surface area contributed by atoms with E-state index in [4.69, 9.17) is 0 Å². The molecule has 0 aliphatic heterocycles. The Bertz CT molecular complexity index is 476. The Balaban J connectivity index is 2.35. The maximum atomic E-state index is 11.7. The number of carbonyl (C=O) groups excluding carboxylic acids is 1. The Hall–Kier alpha value is 0.0200. The van der Waals surface area contributed by atoms with E-state index in [2.05, 4.69) is 30.6 Å². The minimum absolute atomic E-state index is 0.0943. The van der Waals surface area contributed by atoms with Crippen LogP contribution in [0.3, 0.4) is 0 Å². The highest BCUT2D eigenvalue weighted by Gasteiger charge is 2.15. The molecule has 0 aliphatic carbocycles. The number of rotatable bonds is 11. The maximum absolute atomic E-state index is 11.7. The summed E-state index contributed by atoms with van der Waals surface area (Å²) in [6.45, 7) is 9.79. The lowest BCUT2D eigenvalue weighted by molar-refractivity contribution is -0.107. The fourth-order valence-electron chi connectivity index (χ4n) is 1.48. The molecule has 0 spiro atoms. The molecule has 0 amide bonds. The standard InChI is InChI=1S/C15H24N2OS4/c1-5-7-8-9-19-14-16-17-15(22-14)20-10-12(6-2)21-13(18)11(3)4/h12H,3,5-10H2,1-2,4H3. The average molecular weight is 377 g/mol. The number of hydrogen-bond acceptors (Lipinski definition) is 7. The van der Waals surface area contributed by atoms with Gasteiger partial charge in [0.1, 0.15) is 0 Å². The summed E-state index contributed by atoms with van der Waals surface area (Å²) in [7, 11) is 0. The minimum Gasteiger partial charge on any atom is -0.282 e. The Morgan fingerprint density at radius 2 is 1.91 bits per heavy atom. The first kappa shape index (κ1) is 20.1. The third-order valence-electron chi connectivity index (χ3n) is 2.83. The molecule has 0 saturated carbocycles. The van der Waals surface area contributed by atoms with Crippen LogP contribution in [0.25, 0.3) is 0 Å². The summed E-state index contributed by atoms with van der Waals surface area (Å²) in [5, 5.41) is 8.86. The largest absolute Gasteiger partial charge is 0.282 e. The molecule has 0 N–H and O–H groups in total. The van der Waals surface area contributed by atoms with Gasteiger partial charge in [-0.2, -0.15) is 0 Å². The highest BCUT2D eigenvalue weighted by Crippen LogP contribution is 2.32. The number of carbonyl (C=O) groups is 1. The number of thioether (sulfide) groups is 3. The van der Waals surface area contributed by atoms with Gasteiger partial charge in [0.2, 0.25) is 5.12 Å². The van der Waals surface area contributed by atoms with Gasteiger partial charge < -0.3 is 0 Å². The molecule has 0 aliphatic rings. The summed E-state index contributed by atoms with van der Waals surface area (Å²) in [5.74, 6) is 2.00. The first-order chi connectivity index (χ1) is 10.6. The van der Waals surface area contributed by atoms with E-state index in [9.17, 15) is 4.79 Å². The van der Waals surface area contributed by atoms with Crippen LogP contribution in [0.1, 0.15) is 46.5 Å². The van der Waals surface area contributed by atoms with Gasteiger partial charge in [0.05, 0.1) is 0 Å². The molecule has 3 nitrogen and oxygen atoms in total.